The standard InChI is InChI=1S/C27H37N3O6/c1-15-20(32)11-16-12-26(14-28-9-6-10-29(2)3)13-17-18(30(4)5)7-8-19(31)21(17)23(33)22(26)25(35)27(16,36)24(15)34/h7-8,16,28,31,33-34,36H,6,9-14H2,1-5H3/t16-,26-,27-/m1/s1. The van der Waals surface area contributed by atoms with Crippen LogP contribution in [0.3, 0.4) is 0 Å². The molecule has 0 spiro atoms. The Kier molecular flexibility index (Phi) is 6.70. The largest absolute Gasteiger partial charge is 0.508 e. The number of aliphatic hydroxyl groups is 3. The number of fused-ring (bicyclic) bond motifs is 3. The van der Waals surface area contributed by atoms with Gasteiger partial charge in [0.2, 0.25) is 5.78 Å². The van der Waals surface area contributed by atoms with Crippen LogP contribution in [0.1, 0.15) is 37.3 Å². The Morgan fingerprint density at radius 3 is 2.44 bits per heavy atom. The van der Waals surface area contributed by atoms with Crippen LogP contribution in [-0.4, -0.2) is 90.3 Å². The number of anilines is 1. The van der Waals surface area contributed by atoms with Gasteiger partial charge >= 0.3 is 0 Å². The first-order valence-corrected chi connectivity index (χ1v) is 12.4. The van der Waals surface area contributed by atoms with E-state index in [2.05, 4.69) is 10.2 Å². The number of phenols is 1. The molecule has 3 atom stereocenters. The first-order chi connectivity index (χ1) is 16.8. The molecule has 5 N–H and O–H groups in total. The molecule has 0 bridgehead atoms. The molecule has 4 rings (SSSR count). The summed E-state index contributed by atoms with van der Waals surface area (Å²) in [4.78, 5) is 30.6. The third-order valence-corrected chi connectivity index (χ3v) is 8.06. The number of carbonyl (C=O) groups excluding carboxylic acids is 2. The topological polar surface area (TPSA) is 134 Å². The normalized spacial score (nSPS) is 27.8. The van der Waals surface area contributed by atoms with E-state index in [1.165, 1.54) is 13.0 Å². The lowest BCUT2D eigenvalue weighted by Gasteiger charge is -2.52. The minimum atomic E-state index is -2.29. The molecule has 0 heterocycles. The smallest absolute Gasteiger partial charge is 0.202 e. The van der Waals surface area contributed by atoms with Crippen molar-refractivity contribution in [3.8, 4) is 5.75 Å². The highest BCUT2D eigenvalue weighted by molar-refractivity contribution is 6.13. The van der Waals surface area contributed by atoms with Crippen molar-refractivity contribution in [2.45, 2.75) is 38.2 Å². The number of nitrogens with zero attached hydrogens (tertiary/aromatic N) is 2. The fraction of sp³-hybridized carbons (Fsp3) is 0.556. The molecule has 0 aliphatic heterocycles. The van der Waals surface area contributed by atoms with E-state index < -0.39 is 28.5 Å². The Hall–Kier alpha value is -2.88. The van der Waals surface area contributed by atoms with Crippen molar-refractivity contribution in [3.63, 3.8) is 0 Å². The van der Waals surface area contributed by atoms with E-state index in [1.807, 2.05) is 33.1 Å². The number of aliphatic hydroxyl groups excluding tert-OH is 2. The Balaban J connectivity index is 1.88. The Labute approximate surface area is 211 Å². The molecule has 3 aliphatic carbocycles. The van der Waals surface area contributed by atoms with E-state index in [4.69, 9.17) is 0 Å². The van der Waals surface area contributed by atoms with Crippen LogP contribution >= 0.6 is 0 Å². The molecule has 0 unspecified atom stereocenters. The highest BCUT2D eigenvalue weighted by atomic mass is 16.3. The number of hydrogen-bond donors (Lipinski definition) is 5. The van der Waals surface area contributed by atoms with Crippen molar-refractivity contribution in [2.75, 3.05) is 52.7 Å². The number of carbonyl (C=O) groups is 2. The molecule has 0 radical (unpaired) electrons. The minimum Gasteiger partial charge on any atom is -0.508 e. The van der Waals surface area contributed by atoms with Crippen molar-refractivity contribution in [2.24, 2.45) is 11.3 Å². The van der Waals surface area contributed by atoms with Gasteiger partial charge in [-0.1, -0.05) is 0 Å². The van der Waals surface area contributed by atoms with Crippen LogP contribution in [0.5, 0.6) is 5.75 Å². The van der Waals surface area contributed by atoms with Crippen molar-refractivity contribution in [1.82, 2.24) is 10.2 Å². The van der Waals surface area contributed by atoms with Gasteiger partial charge in [0.25, 0.3) is 0 Å². The molecule has 1 aromatic carbocycles. The number of aromatic hydroxyl groups is 1. The molecule has 1 aromatic rings. The zero-order valence-corrected chi connectivity index (χ0v) is 21.7. The second-order valence-corrected chi connectivity index (χ2v) is 11.0. The lowest BCUT2D eigenvalue weighted by Crippen LogP contribution is -2.62. The predicted molar refractivity (Wildman–Crippen MR) is 137 cm³/mol. The van der Waals surface area contributed by atoms with Crippen LogP contribution in [-0.2, 0) is 16.0 Å². The third kappa shape index (κ3) is 3.90. The molecule has 0 amide bonds. The maximum absolute atomic E-state index is 14.0. The molecule has 1 fully saturated rings. The Bertz CT molecular complexity index is 1170. The van der Waals surface area contributed by atoms with E-state index in [-0.39, 0.29) is 46.8 Å². The summed E-state index contributed by atoms with van der Waals surface area (Å²) in [5.74, 6) is -3.13. The molecule has 9 heteroatoms. The Morgan fingerprint density at radius 2 is 1.81 bits per heavy atom. The summed E-state index contributed by atoms with van der Waals surface area (Å²) in [7, 11) is 7.72. The van der Waals surface area contributed by atoms with Gasteiger partial charge in [-0.3, -0.25) is 9.59 Å². The van der Waals surface area contributed by atoms with Crippen molar-refractivity contribution in [3.05, 3.63) is 40.2 Å². The first kappa shape index (κ1) is 26.2. The minimum absolute atomic E-state index is 0.00577. The van der Waals surface area contributed by atoms with Crippen LogP contribution in [0.2, 0.25) is 0 Å². The third-order valence-electron chi connectivity index (χ3n) is 8.06. The highest BCUT2D eigenvalue weighted by Crippen LogP contribution is 2.58. The summed E-state index contributed by atoms with van der Waals surface area (Å²) in [6.45, 7) is 3.28. The number of allylic oxidation sites excluding steroid dienone is 1. The van der Waals surface area contributed by atoms with Gasteiger partial charge in [-0.25, -0.2) is 0 Å². The molecule has 36 heavy (non-hydrogen) atoms. The highest BCUT2D eigenvalue weighted by Gasteiger charge is 2.63. The number of benzene rings is 1. The number of rotatable bonds is 7. The van der Waals surface area contributed by atoms with Crippen LogP contribution in [0.4, 0.5) is 5.69 Å². The van der Waals surface area contributed by atoms with Crippen LogP contribution in [0, 0.1) is 11.3 Å². The van der Waals surface area contributed by atoms with Crippen LogP contribution in [0.25, 0.3) is 5.76 Å². The zero-order valence-electron chi connectivity index (χ0n) is 21.7. The Morgan fingerprint density at radius 1 is 1.11 bits per heavy atom. The van der Waals surface area contributed by atoms with Crippen molar-refractivity contribution in [1.29, 1.82) is 0 Å². The van der Waals surface area contributed by atoms with Crippen LogP contribution in [0.15, 0.2) is 29.0 Å². The molecule has 196 valence electrons. The summed E-state index contributed by atoms with van der Waals surface area (Å²) in [6.07, 6.45) is 1.33. The van der Waals surface area contributed by atoms with Gasteiger partial charge in [-0.2, -0.15) is 0 Å². The first-order valence-electron chi connectivity index (χ1n) is 12.4. The molecule has 1 saturated carbocycles. The van der Waals surface area contributed by atoms with Crippen molar-refractivity contribution < 1.29 is 30.0 Å². The van der Waals surface area contributed by atoms with Gasteiger partial charge in [0.05, 0.1) is 5.56 Å². The number of hydrogen-bond acceptors (Lipinski definition) is 9. The van der Waals surface area contributed by atoms with Gasteiger partial charge in [-0.15, -0.1) is 0 Å². The van der Waals surface area contributed by atoms with Gasteiger partial charge < -0.3 is 35.5 Å². The molecule has 0 saturated heterocycles. The van der Waals surface area contributed by atoms with Gasteiger partial charge in [-0.05, 0) is 71.1 Å². The van der Waals surface area contributed by atoms with Crippen molar-refractivity contribution >= 4 is 23.0 Å². The average Bonchev–Trinajstić information content (AvgIpc) is 2.79. The number of Topliss-reactive ketones (excluding diaryl/α,β-unsaturated/α-hetero) is 2. The zero-order chi connectivity index (χ0) is 26.6. The van der Waals surface area contributed by atoms with Crippen LogP contribution < -0.4 is 10.2 Å². The maximum atomic E-state index is 14.0. The van der Waals surface area contributed by atoms with E-state index in [0.717, 1.165) is 18.7 Å². The average molecular weight is 500 g/mol. The maximum Gasteiger partial charge on any atom is 0.202 e. The second kappa shape index (κ2) is 9.21. The molecule has 9 nitrogen and oxygen atoms in total. The summed E-state index contributed by atoms with van der Waals surface area (Å²) >= 11 is 0. The number of nitrogens with one attached hydrogen (secondary N) is 1. The van der Waals surface area contributed by atoms with E-state index >= 15 is 0 Å². The SMILES string of the molecule is CC1=C(O)[C@@]2(O)C(=O)C3=C(O)c4c(O)ccc(N(C)C)c4C[C@@]3(CNCCCN(C)C)C[C@H]2CC1=O. The number of ketones is 2. The fourth-order valence-electron chi connectivity index (χ4n) is 6.19. The van der Waals surface area contributed by atoms with E-state index in [0.29, 0.717) is 25.1 Å². The summed E-state index contributed by atoms with van der Waals surface area (Å²) < 4.78 is 0. The van der Waals surface area contributed by atoms with Gasteiger partial charge in [0.1, 0.15) is 17.3 Å². The van der Waals surface area contributed by atoms with Gasteiger partial charge in [0, 0.05) is 55.2 Å². The number of phenolic OH excluding ortho intramolecular Hbond substituents is 1. The summed E-state index contributed by atoms with van der Waals surface area (Å²) in [6, 6.07) is 3.25. The van der Waals surface area contributed by atoms with E-state index in [9.17, 15) is 30.0 Å². The fourth-order valence-corrected chi connectivity index (χ4v) is 6.19. The summed E-state index contributed by atoms with van der Waals surface area (Å²) in [5.41, 5.74) is -1.60. The van der Waals surface area contributed by atoms with E-state index in [1.54, 1.807) is 6.07 Å². The molecular formula is C27H37N3O6. The monoisotopic (exact) mass is 499 g/mol. The lowest BCUT2D eigenvalue weighted by molar-refractivity contribution is -0.150. The van der Waals surface area contributed by atoms with Gasteiger partial charge in [0.15, 0.2) is 11.4 Å². The second-order valence-electron chi connectivity index (χ2n) is 11.0. The quantitative estimate of drug-likeness (QED) is 0.357. The molecule has 0 aromatic heterocycles. The molecular weight excluding hydrogens is 462 g/mol. The summed E-state index contributed by atoms with van der Waals surface area (Å²) in [5, 5.41) is 48.0. The lowest BCUT2D eigenvalue weighted by atomic mass is 9.52. The molecule has 3 aliphatic rings. The predicted octanol–water partition coefficient (Wildman–Crippen LogP) is 1.94.